The van der Waals surface area contributed by atoms with Crippen LogP contribution in [0.15, 0.2) is 57.0 Å². The Hall–Kier alpha value is -2.78. The number of pyridine rings is 1. The minimum absolute atomic E-state index is 0.598. The summed E-state index contributed by atoms with van der Waals surface area (Å²) in [6.07, 6.45) is 3.09. The number of hydrogen-bond acceptors (Lipinski definition) is 8. The number of nitrogens with zero attached hydrogens (tertiary/aromatic N) is 4. The van der Waals surface area contributed by atoms with E-state index in [1.807, 2.05) is 41.8 Å². The number of hydrogen-bond donors (Lipinski definition) is 1. The predicted molar refractivity (Wildman–Crippen MR) is 110 cm³/mol. The minimum Gasteiger partial charge on any atom is -0.453 e. The minimum atomic E-state index is 0.598. The van der Waals surface area contributed by atoms with Gasteiger partial charge < -0.3 is 14.6 Å². The molecule has 7 nitrogen and oxygen atoms in total. The van der Waals surface area contributed by atoms with Gasteiger partial charge in [0.2, 0.25) is 5.89 Å². The van der Waals surface area contributed by atoms with Crippen LogP contribution >= 0.6 is 27.3 Å². The van der Waals surface area contributed by atoms with Crippen molar-refractivity contribution in [3.8, 4) is 11.5 Å². The van der Waals surface area contributed by atoms with Crippen molar-refractivity contribution in [1.82, 2.24) is 20.1 Å². The quantitative estimate of drug-likeness (QED) is 0.402. The SMILES string of the molecule is Cc1noc(CCc2csc(Nc3ncc(Br)cc3Oc3ccccc3)n2)n1. The summed E-state index contributed by atoms with van der Waals surface area (Å²) in [5.74, 6) is 3.20. The first-order chi connectivity index (χ1) is 13.7. The van der Waals surface area contributed by atoms with E-state index in [0.717, 1.165) is 27.5 Å². The summed E-state index contributed by atoms with van der Waals surface area (Å²) in [6, 6.07) is 11.4. The number of ether oxygens (including phenoxy) is 1. The van der Waals surface area contributed by atoms with Crippen molar-refractivity contribution in [2.24, 2.45) is 0 Å². The standard InChI is InChI=1S/C19H16BrN5O2S/c1-12-22-17(27-25-12)8-7-14-11-28-19(23-14)24-18-16(9-13(20)10-21-18)26-15-5-3-2-4-6-15/h2-6,9-11H,7-8H2,1H3,(H,21,23,24). The van der Waals surface area contributed by atoms with E-state index in [1.54, 1.807) is 13.1 Å². The molecule has 4 aromatic rings. The van der Waals surface area contributed by atoms with Gasteiger partial charge in [-0.2, -0.15) is 4.98 Å². The Kier molecular flexibility index (Phi) is 5.63. The van der Waals surface area contributed by atoms with Crippen LogP contribution in [0.4, 0.5) is 10.9 Å². The smallest absolute Gasteiger partial charge is 0.227 e. The van der Waals surface area contributed by atoms with Crippen molar-refractivity contribution in [3.63, 3.8) is 0 Å². The van der Waals surface area contributed by atoms with Gasteiger partial charge in [-0.15, -0.1) is 11.3 Å². The number of nitrogens with one attached hydrogen (secondary N) is 1. The van der Waals surface area contributed by atoms with Crippen molar-refractivity contribution in [3.05, 3.63) is 69.9 Å². The summed E-state index contributed by atoms with van der Waals surface area (Å²) in [6.45, 7) is 1.80. The van der Waals surface area contributed by atoms with Crippen molar-refractivity contribution >= 4 is 38.2 Å². The number of aryl methyl sites for hydroxylation is 3. The molecule has 0 unspecified atom stereocenters. The molecule has 0 radical (unpaired) electrons. The molecule has 0 bridgehead atoms. The third-order valence-corrected chi connectivity index (χ3v) is 4.97. The molecule has 0 aliphatic rings. The van der Waals surface area contributed by atoms with Crippen LogP contribution in [0.2, 0.25) is 0 Å². The highest BCUT2D eigenvalue weighted by atomic mass is 79.9. The maximum Gasteiger partial charge on any atom is 0.227 e. The zero-order valence-corrected chi connectivity index (χ0v) is 17.3. The van der Waals surface area contributed by atoms with E-state index in [0.29, 0.717) is 29.7 Å². The monoisotopic (exact) mass is 457 g/mol. The van der Waals surface area contributed by atoms with Crippen molar-refractivity contribution in [1.29, 1.82) is 0 Å². The average Bonchev–Trinajstić information content (AvgIpc) is 3.32. The molecule has 0 amide bonds. The Balaban J connectivity index is 1.46. The second kappa shape index (κ2) is 8.49. The third-order valence-electron chi connectivity index (χ3n) is 3.73. The first-order valence-corrected chi connectivity index (χ1v) is 10.2. The summed E-state index contributed by atoms with van der Waals surface area (Å²) < 4.78 is 11.9. The highest BCUT2D eigenvalue weighted by Gasteiger charge is 2.11. The van der Waals surface area contributed by atoms with E-state index in [1.165, 1.54) is 11.3 Å². The second-order valence-electron chi connectivity index (χ2n) is 5.92. The largest absolute Gasteiger partial charge is 0.453 e. The lowest BCUT2D eigenvalue weighted by Gasteiger charge is -2.11. The zero-order chi connectivity index (χ0) is 19.3. The fraction of sp³-hybridized carbons (Fsp3) is 0.158. The molecule has 3 aromatic heterocycles. The lowest BCUT2D eigenvalue weighted by Crippen LogP contribution is -1.98. The summed E-state index contributed by atoms with van der Waals surface area (Å²) in [7, 11) is 0. The van der Waals surface area contributed by atoms with Crippen LogP contribution in [0.3, 0.4) is 0 Å². The van der Waals surface area contributed by atoms with Crippen LogP contribution in [0.25, 0.3) is 0 Å². The van der Waals surface area contributed by atoms with Gasteiger partial charge in [0, 0.05) is 28.5 Å². The van der Waals surface area contributed by atoms with E-state index in [4.69, 9.17) is 9.26 Å². The molecule has 0 fully saturated rings. The Morgan fingerprint density at radius 1 is 1.18 bits per heavy atom. The lowest BCUT2D eigenvalue weighted by atomic mass is 10.2. The fourth-order valence-electron chi connectivity index (χ4n) is 2.46. The molecule has 0 saturated heterocycles. The van der Waals surface area contributed by atoms with Gasteiger partial charge >= 0.3 is 0 Å². The number of benzene rings is 1. The summed E-state index contributed by atoms with van der Waals surface area (Å²) >= 11 is 4.95. The Morgan fingerprint density at radius 2 is 2.04 bits per heavy atom. The van der Waals surface area contributed by atoms with E-state index in [-0.39, 0.29) is 0 Å². The maximum absolute atomic E-state index is 5.97. The van der Waals surface area contributed by atoms with Crippen molar-refractivity contribution in [2.45, 2.75) is 19.8 Å². The number of thiazole rings is 1. The Morgan fingerprint density at radius 3 is 2.82 bits per heavy atom. The van der Waals surface area contributed by atoms with Crippen LogP contribution in [-0.4, -0.2) is 20.1 Å². The van der Waals surface area contributed by atoms with E-state index >= 15 is 0 Å². The fourth-order valence-corrected chi connectivity index (χ4v) is 3.52. The molecule has 9 heteroatoms. The third kappa shape index (κ3) is 4.73. The van der Waals surface area contributed by atoms with Gasteiger partial charge in [0.1, 0.15) is 5.75 Å². The van der Waals surface area contributed by atoms with Gasteiger partial charge in [-0.1, -0.05) is 23.4 Å². The van der Waals surface area contributed by atoms with Crippen molar-refractivity contribution < 1.29 is 9.26 Å². The Bertz CT molecular complexity index is 1070. The number of halogens is 1. The van der Waals surface area contributed by atoms with Crippen molar-refractivity contribution in [2.75, 3.05) is 5.32 Å². The number of para-hydroxylation sites is 1. The molecule has 142 valence electrons. The number of rotatable bonds is 7. The van der Waals surface area contributed by atoms with Gasteiger partial charge in [-0.25, -0.2) is 9.97 Å². The van der Waals surface area contributed by atoms with Gasteiger partial charge in [0.25, 0.3) is 0 Å². The summed E-state index contributed by atoms with van der Waals surface area (Å²) in [4.78, 5) is 13.2. The molecule has 0 aliphatic heterocycles. The summed E-state index contributed by atoms with van der Waals surface area (Å²) in [5.41, 5.74) is 0.950. The van der Waals surface area contributed by atoms with Gasteiger partial charge in [0.15, 0.2) is 22.5 Å². The molecule has 0 saturated carbocycles. The van der Waals surface area contributed by atoms with Gasteiger partial charge in [-0.05, 0) is 41.4 Å². The molecule has 28 heavy (non-hydrogen) atoms. The first kappa shape index (κ1) is 18.6. The van der Waals surface area contributed by atoms with E-state index < -0.39 is 0 Å². The normalized spacial score (nSPS) is 10.8. The molecule has 4 rings (SSSR count). The molecule has 0 aliphatic carbocycles. The molecule has 1 N–H and O–H groups in total. The van der Waals surface area contributed by atoms with E-state index in [9.17, 15) is 0 Å². The molecule has 1 aromatic carbocycles. The zero-order valence-electron chi connectivity index (χ0n) is 14.9. The maximum atomic E-state index is 5.97. The molecule has 3 heterocycles. The van der Waals surface area contributed by atoms with Gasteiger partial charge in [0.05, 0.1) is 5.69 Å². The molecule has 0 spiro atoms. The number of anilines is 2. The van der Waals surface area contributed by atoms with Crippen LogP contribution in [0.5, 0.6) is 11.5 Å². The van der Waals surface area contributed by atoms with Crippen LogP contribution in [-0.2, 0) is 12.8 Å². The predicted octanol–water partition coefficient (Wildman–Crippen LogP) is 5.31. The van der Waals surface area contributed by atoms with E-state index in [2.05, 4.69) is 41.4 Å². The van der Waals surface area contributed by atoms with Gasteiger partial charge in [-0.3, -0.25) is 0 Å². The lowest BCUT2D eigenvalue weighted by molar-refractivity contribution is 0.374. The van der Waals surface area contributed by atoms with Crippen LogP contribution in [0.1, 0.15) is 17.4 Å². The second-order valence-corrected chi connectivity index (χ2v) is 7.69. The Labute approximate surface area is 173 Å². The van der Waals surface area contributed by atoms with Crippen LogP contribution in [0, 0.1) is 6.92 Å². The van der Waals surface area contributed by atoms with Crippen LogP contribution < -0.4 is 10.1 Å². The topological polar surface area (TPSA) is 86.0 Å². The molecular formula is C19H16BrN5O2S. The highest BCUT2D eigenvalue weighted by Crippen LogP contribution is 2.33. The molecular weight excluding hydrogens is 442 g/mol. The number of aromatic nitrogens is 4. The highest BCUT2D eigenvalue weighted by molar-refractivity contribution is 9.10. The summed E-state index contributed by atoms with van der Waals surface area (Å²) in [5, 5.41) is 9.78. The first-order valence-electron chi connectivity index (χ1n) is 8.55. The molecule has 0 atom stereocenters. The average molecular weight is 458 g/mol.